The van der Waals surface area contributed by atoms with E-state index in [-0.39, 0.29) is 17.9 Å². The molecule has 0 spiro atoms. The number of para-hydroxylation sites is 1. The quantitative estimate of drug-likeness (QED) is 0.451. The molecule has 0 bridgehead atoms. The minimum Gasteiger partial charge on any atom is -0.378 e. The number of hydrogen-bond donors (Lipinski definition) is 1. The van der Waals surface area contributed by atoms with Crippen molar-refractivity contribution in [3.8, 4) is 11.3 Å². The maximum atomic E-state index is 13.9. The molecular weight excluding hydrogens is 450 g/mol. The fourth-order valence-electron chi connectivity index (χ4n) is 5.59. The SMILES string of the molecule is Cc1ccc(-c2[nH]c3ccccc3c2C2c3ccccc3C(=O)N2C(C)C(=O)N2CCOCC2)cc1. The third-order valence-electron chi connectivity index (χ3n) is 7.46. The topological polar surface area (TPSA) is 65.6 Å². The number of benzene rings is 3. The van der Waals surface area contributed by atoms with Crippen LogP contribution in [0.25, 0.3) is 22.2 Å². The molecular formula is C30H29N3O3. The van der Waals surface area contributed by atoms with Gasteiger partial charge in [0.25, 0.3) is 5.91 Å². The van der Waals surface area contributed by atoms with E-state index < -0.39 is 6.04 Å². The minimum absolute atomic E-state index is 0.0406. The van der Waals surface area contributed by atoms with Gasteiger partial charge < -0.3 is 19.5 Å². The Kier molecular flexibility index (Phi) is 5.61. The molecule has 1 fully saturated rings. The summed E-state index contributed by atoms with van der Waals surface area (Å²) in [5.74, 6) is -0.147. The van der Waals surface area contributed by atoms with Crippen LogP contribution < -0.4 is 0 Å². The van der Waals surface area contributed by atoms with Gasteiger partial charge in [-0.25, -0.2) is 0 Å². The largest absolute Gasteiger partial charge is 0.378 e. The van der Waals surface area contributed by atoms with Crippen molar-refractivity contribution < 1.29 is 14.3 Å². The lowest BCUT2D eigenvalue weighted by Crippen LogP contribution is -2.51. The number of amides is 2. The molecule has 1 N–H and O–H groups in total. The lowest BCUT2D eigenvalue weighted by atomic mass is 9.92. The molecule has 6 nitrogen and oxygen atoms in total. The van der Waals surface area contributed by atoms with Crippen LogP contribution >= 0.6 is 0 Å². The van der Waals surface area contributed by atoms with Crippen molar-refractivity contribution in [1.82, 2.24) is 14.8 Å². The Bertz CT molecular complexity index is 1450. The highest BCUT2D eigenvalue weighted by Gasteiger charge is 2.45. The number of aryl methyl sites for hydroxylation is 1. The fourth-order valence-corrected chi connectivity index (χ4v) is 5.59. The first kappa shape index (κ1) is 22.6. The molecule has 1 aromatic heterocycles. The predicted octanol–water partition coefficient (Wildman–Crippen LogP) is 4.94. The summed E-state index contributed by atoms with van der Waals surface area (Å²) >= 11 is 0. The number of ether oxygens (including phenoxy) is 1. The Morgan fingerprint density at radius 3 is 2.44 bits per heavy atom. The van der Waals surface area contributed by atoms with Crippen molar-refractivity contribution in [1.29, 1.82) is 0 Å². The number of aromatic amines is 1. The van der Waals surface area contributed by atoms with E-state index in [1.165, 1.54) is 5.56 Å². The van der Waals surface area contributed by atoms with Crippen molar-refractivity contribution in [3.63, 3.8) is 0 Å². The first-order chi connectivity index (χ1) is 17.5. The maximum absolute atomic E-state index is 13.9. The molecule has 0 aliphatic carbocycles. The fraction of sp³-hybridized carbons (Fsp3) is 0.267. The molecule has 182 valence electrons. The van der Waals surface area contributed by atoms with Crippen molar-refractivity contribution in [2.24, 2.45) is 0 Å². The second-order valence-electron chi connectivity index (χ2n) is 9.64. The molecule has 2 aliphatic rings. The zero-order chi connectivity index (χ0) is 24.8. The van der Waals surface area contributed by atoms with Crippen LogP contribution in [-0.4, -0.2) is 58.9 Å². The molecule has 36 heavy (non-hydrogen) atoms. The summed E-state index contributed by atoms with van der Waals surface area (Å²) in [4.78, 5) is 34.7. The first-order valence-corrected chi connectivity index (χ1v) is 12.5. The smallest absolute Gasteiger partial charge is 0.255 e. The Labute approximate surface area is 210 Å². The van der Waals surface area contributed by atoms with Crippen molar-refractivity contribution in [3.05, 3.63) is 95.1 Å². The average molecular weight is 480 g/mol. The number of carbonyl (C=O) groups is 2. The number of rotatable bonds is 4. The Morgan fingerprint density at radius 1 is 0.972 bits per heavy atom. The van der Waals surface area contributed by atoms with Gasteiger partial charge in [0.05, 0.1) is 24.9 Å². The molecule has 6 heteroatoms. The van der Waals surface area contributed by atoms with Gasteiger partial charge in [0.15, 0.2) is 0 Å². The van der Waals surface area contributed by atoms with Crippen molar-refractivity contribution in [2.75, 3.05) is 26.3 Å². The van der Waals surface area contributed by atoms with Crippen LogP contribution in [0.5, 0.6) is 0 Å². The van der Waals surface area contributed by atoms with E-state index in [0.29, 0.717) is 31.9 Å². The molecule has 2 aliphatic heterocycles. The van der Waals surface area contributed by atoms with Crippen LogP contribution in [0.1, 0.15) is 40.0 Å². The summed E-state index contributed by atoms with van der Waals surface area (Å²) < 4.78 is 5.45. The second-order valence-corrected chi connectivity index (χ2v) is 9.64. The molecule has 2 atom stereocenters. The number of aromatic nitrogens is 1. The van der Waals surface area contributed by atoms with Crippen LogP contribution in [-0.2, 0) is 9.53 Å². The van der Waals surface area contributed by atoms with E-state index in [1.807, 2.05) is 48.2 Å². The van der Waals surface area contributed by atoms with Crippen molar-refractivity contribution in [2.45, 2.75) is 25.9 Å². The van der Waals surface area contributed by atoms with Gasteiger partial charge in [-0.2, -0.15) is 0 Å². The number of fused-ring (bicyclic) bond motifs is 2. The zero-order valence-electron chi connectivity index (χ0n) is 20.5. The molecule has 1 saturated heterocycles. The summed E-state index contributed by atoms with van der Waals surface area (Å²) in [6.45, 7) is 6.07. The van der Waals surface area contributed by atoms with Gasteiger partial charge in [-0.05, 0) is 37.1 Å². The number of nitrogens with one attached hydrogen (secondary N) is 1. The Hall–Kier alpha value is -3.90. The molecule has 0 radical (unpaired) electrons. The van der Waals surface area contributed by atoms with Crippen LogP contribution in [0.3, 0.4) is 0 Å². The summed E-state index contributed by atoms with van der Waals surface area (Å²) in [6.07, 6.45) is 0. The number of morpholine rings is 1. The lowest BCUT2D eigenvalue weighted by Gasteiger charge is -2.36. The van der Waals surface area contributed by atoms with Gasteiger partial charge in [0.1, 0.15) is 6.04 Å². The molecule has 0 saturated carbocycles. The monoisotopic (exact) mass is 479 g/mol. The van der Waals surface area contributed by atoms with Gasteiger partial charge in [0, 0.05) is 35.1 Å². The van der Waals surface area contributed by atoms with E-state index >= 15 is 0 Å². The van der Waals surface area contributed by atoms with Crippen LogP contribution in [0.15, 0.2) is 72.8 Å². The second kappa shape index (κ2) is 8.95. The van der Waals surface area contributed by atoms with E-state index in [9.17, 15) is 9.59 Å². The van der Waals surface area contributed by atoms with Crippen LogP contribution in [0, 0.1) is 6.92 Å². The Balaban J connectivity index is 1.54. The summed E-state index contributed by atoms with van der Waals surface area (Å²) in [6, 6.07) is 23.3. The summed E-state index contributed by atoms with van der Waals surface area (Å²) in [5, 5.41) is 1.05. The minimum atomic E-state index is -0.618. The highest BCUT2D eigenvalue weighted by molar-refractivity contribution is 6.04. The number of H-pyrrole nitrogens is 1. The molecule has 6 rings (SSSR count). The van der Waals surface area contributed by atoms with E-state index in [2.05, 4.69) is 48.3 Å². The summed E-state index contributed by atoms with van der Waals surface area (Å²) in [7, 11) is 0. The van der Waals surface area contributed by atoms with E-state index in [0.717, 1.165) is 33.3 Å². The molecule has 2 amide bonds. The van der Waals surface area contributed by atoms with Gasteiger partial charge in [0.2, 0.25) is 5.91 Å². The number of carbonyl (C=O) groups excluding carboxylic acids is 2. The third-order valence-corrected chi connectivity index (χ3v) is 7.46. The number of hydrogen-bond acceptors (Lipinski definition) is 3. The van der Waals surface area contributed by atoms with Gasteiger partial charge in [-0.15, -0.1) is 0 Å². The van der Waals surface area contributed by atoms with Crippen molar-refractivity contribution >= 4 is 22.7 Å². The number of nitrogens with zero attached hydrogens (tertiary/aromatic N) is 2. The molecule has 2 unspecified atom stereocenters. The first-order valence-electron chi connectivity index (χ1n) is 12.5. The maximum Gasteiger partial charge on any atom is 0.255 e. The van der Waals surface area contributed by atoms with E-state index in [1.54, 1.807) is 4.90 Å². The normalized spacial score (nSPS) is 18.5. The van der Waals surface area contributed by atoms with Crippen LogP contribution in [0.2, 0.25) is 0 Å². The third kappa shape index (κ3) is 3.60. The van der Waals surface area contributed by atoms with Gasteiger partial charge in [-0.3, -0.25) is 9.59 Å². The molecule has 3 aromatic carbocycles. The average Bonchev–Trinajstić information content (AvgIpc) is 3.44. The van der Waals surface area contributed by atoms with Gasteiger partial charge >= 0.3 is 0 Å². The van der Waals surface area contributed by atoms with Gasteiger partial charge in [-0.1, -0.05) is 66.2 Å². The Morgan fingerprint density at radius 2 is 1.67 bits per heavy atom. The summed E-state index contributed by atoms with van der Waals surface area (Å²) in [5.41, 5.74) is 6.83. The molecule has 4 aromatic rings. The zero-order valence-corrected chi connectivity index (χ0v) is 20.5. The predicted molar refractivity (Wildman–Crippen MR) is 140 cm³/mol. The highest BCUT2D eigenvalue weighted by Crippen LogP contribution is 2.46. The molecule has 3 heterocycles. The van der Waals surface area contributed by atoms with E-state index in [4.69, 9.17) is 4.74 Å². The lowest BCUT2D eigenvalue weighted by molar-refractivity contribution is -0.140. The standard InChI is InChI=1S/C30H29N3O3/c1-19-11-13-21(14-12-19)27-26(24-9-5-6-10-25(24)31-27)28-22-7-3-4-8-23(22)30(35)33(28)20(2)29(34)32-15-17-36-18-16-32/h3-14,20,28,31H,15-18H2,1-2H3. The highest BCUT2D eigenvalue weighted by atomic mass is 16.5. The van der Waals surface area contributed by atoms with Crippen LogP contribution in [0.4, 0.5) is 0 Å².